The zero-order chi connectivity index (χ0) is 23.2. The van der Waals surface area contributed by atoms with Crippen molar-refractivity contribution in [1.29, 1.82) is 0 Å². The van der Waals surface area contributed by atoms with Crippen molar-refractivity contribution in [1.82, 2.24) is 14.7 Å². The molecule has 3 rings (SSSR count). The topological polar surface area (TPSA) is 101 Å². The van der Waals surface area contributed by atoms with E-state index in [1.54, 1.807) is 4.90 Å². The molecule has 1 aromatic carbocycles. The zero-order valence-electron chi connectivity index (χ0n) is 16.8. The Balaban J connectivity index is 0.00000107. The van der Waals surface area contributed by atoms with Gasteiger partial charge in [0.1, 0.15) is 5.69 Å². The van der Waals surface area contributed by atoms with Gasteiger partial charge in [-0.1, -0.05) is 23.7 Å². The molecule has 1 amide bonds. The van der Waals surface area contributed by atoms with E-state index >= 15 is 0 Å². The highest BCUT2D eigenvalue weighted by molar-refractivity contribution is 6.30. The second-order valence-electron chi connectivity index (χ2n) is 7.27. The lowest BCUT2D eigenvalue weighted by Crippen LogP contribution is -2.44. The Kier molecular flexibility index (Phi) is 8.46. The summed E-state index contributed by atoms with van der Waals surface area (Å²) in [7, 11) is 1.34. The van der Waals surface area contributed by atoms with Gasteiger partial charge in [0, 0.05) is 37.3 Å². The van der Waals surface area contributed by atoms with Crippen LogP contribution in [0.1, 0.15) is 34.6 Å². The summed E-state index contributed by atoms with van der Waals surface area (Å²) in [6.07, 6.45) is -2.47. The van der Waals surface area contributed by atoms with Crippen molar-refractivity contribution in [2.75, 3.05) is 13.1 Å². The first kappa shape index (κ1) is 24.7. The van der Waals surface area contributed by atoms with E-state index < -0.39 is 17.8 Å². The number of amides is 1. The molecular formula is C20H24ClF3N4O3. The number of rotatable bonds is 4. The van der Waals surface area contributed by atoms with Gasteiger partial charge in [-0.25, -0.2) is 0 Å². The van der Waals surface area contributed by atoms with Crippen LogP contribution in [0.15, 0.2) is 30.3 Å². The van der Waals surface area contributed by atoms with Crippen LogP contribution < -0.4 is 5.73 Å². The third kappa shape index (κ3) is 6.70. The lowest BCUT2D eigenvalue weighted by molar-refractivity contribution is -0.141. The number of hydrogen-bond donors (Lipinski definition) is 2. The first-order valence-corrected chi connectivity index (χ1v) is 9.93. The maximum Gasteiger partial charge on any atom is 0.435 e. The van der Waals surface area contributed by atoms with E-state index in [1.165, 1.54) is 7.05 Å². The number of carbonyl (C=O) groups excluding carboxylic acids is 1. The van der Waals surface area contributed by atoms with Gasteiger partial charge in [0.2, 0.25) is 0 Å². The molecule has 1 aliphatic rings. The summed E-state index contributed by atoms with van der Waals surface area (Å²) >= 11 is 6.01. The molecular weight excluding hydrogens is 437 g/mol. The van der Waals surface area contributed by atoms with Crippen molar-refractivity contribution in [3.8, 4) is 0 Å². The standard InChI is InChI=1S/C19H22ClF3N4O.CH2O2/c1-26-16(11-17(25-26)19(21,22)23)18(28)27-7-5-13(6-8-27)15(24)10-12-3-2-4-14(20)9-12;2-1-3/h2-4,9,11,13,15H,5-8,10,24H2,1H3;1H,(H,2,3). The fourth-order valence-corrected chi connectivity index (χ4v) is 3.81. The molecule has 3 N–H and O–H groups in total. The lowest BCUT2D eigenvalue weighted by atomic mass is 9.86. The minimum atomic E-state index is -4.57. The van der Waals surface area contributed by atoms with Crippen molar-refractivity contribution in [3.05, 3.63) is 52.3 Å². The second-order valence-corrected chi connectivity index (χ2v) is 7.71. The summed E-state index contributed by atoms with van der Waals surface area (Å²) in [6.45, 7) is 0.665. The number of benzene rings is 1. The van der Waals surface area contributed by atoms with E-state index in [0.29, 0.717) is 37.4 Å². The van der Waals surface area contributed by atoms with Gasteiger partial charge in [-0.2, -0.15) is 18.3 Å². The average Bonchev–Trinajstić information content (AvgIpc) is 3.10. The van der Waals surface area contributed by atoms with E-state index in [-0.39, 0.29) is 24.1 Å². The van der Waals surface area contributed by atoms with Gasteiger partial charge in [-0.15, -0.1) is 0 Å². The SMILES string of the molecule is Cn1nc(C(F)(F)F)cc1C(=O)N1CCC(C(N)Cc2cccc(Cl)c2)CC1.O=CO. The highest BCUT2D eigenvalue weighted by atomic mass is 35.5. The van der Waals surface area contributed by atoms with Crippen molar-refractivity contribution < 1.29 is 27.9 Å². The second kappa shape index (κ2) is 10.6. The summed E-state index contributed by atoms with van der Waals surface area (Å²) in [5.41, 5.74) is 6.30. The van der Waals surface area contributed by atoms with Crippen molar-refractivity contribution >= 4 is 24.0 Å². The van der Waals surface area contributed by atoms with Crippen molar-refractivity contribution in [2.24, 2.45) is 18.7 Å². The number of carbonyl (C=O) groups is 2. The summed E-state index contributed by atoms with van der Waals surface area (Å²) in [5.74, 6) is -0.201. The average molecular weight is 461 g/mol. The highest BCUT2D eigenvalue weighted by Crippen LogP contribution is 2.29. The Morgan fingerprint density at radius 3 is 2.48 bits per heavy atom. The molecule has 31 heavy (non-hydrogen) atoms. The van der Waals surface area contributed by atoms with Crippen LogP contribution in [-0.2, 0) is 24.4 Å². The van der Waals surface area contributed by atoms with Gasteiger partial charge >= 0.3 is 6.18 Å². The summed E-state index contributed by atoms with van der Waals surface area (Å²) in [4.78, 5) is 22.5. The Morgan fingerprint density at radius 1 is 1.35 bits per heavy atom. The Hall–Kier alpha value is -2.59. The molecule has 0 saturated carbocycles. The molecule has 1 saturated heterocycles. The van der Waals surface area contributed by atoms with Crippen LogP contribution in [-0.4, -0.2) is 51.3 Å². The van der Waals surface area contributed by atoms with Crippen LogP contribution in [0.4, 0.5) is 13.2 Å². The van der Waals surface area contributed by atoms with E-state index in [0.717, 1.165) is 16.3 Å². The van der Waals surface area contributed by atoms with Crippen molar-refractivity contribution in [3.63, 3.8) is 0 Å². The number of alkyl halides is 3. The molecule has 7 nitrogen and oxygen atoms in total. The molecule has 1 aliphatic heterocycles. The maximum atomic E-state index is 12.8. The molecule has 1 aromatic heterocycles. The van der Waals surface area contributed by atoms with Crippen LogP contribution >= 0.6 is 11.6 Å². The fraction of sp³-hybridized carbons (Fsp3) is 0.450. The fourth-order valence-electron chi connectivity index (χ4n) is 3.60. The summed E-state index contributed by atoms with van der Waals surface area (Å²) < 4.78 is 39.4. The number of piperidine rings is 1. The molecule has 0 bridgehead atoms. The Morgan fingerprint density at radius 2 is 1.97 bits per heavy atom. The minimum Gasteiger partial charge on any atom is -0.483 e. The monoisotopic (exact) mass is 460 g/mol. The quantitative estimate of drug-likeness (QED) is 0.682. The lowest BCUT2D eigenvalue weighted by Gasteiger charge is -2.34. The van der Waals surface area contributed by atoms with E-state index in [4.69, 9.17) is 27.2 Å². The van der Waals surface area contributed by atoms with Gasteiger partial charge in [-0.3, -0.25) is 14.3 Å². The molecule has 2 aromatic rings. The molecule has 0 radical (unpaired) electrons. The number of hydrogen-bond acceptors (Lipinski definition) is 4. The van der Waals surface area contributed by atoms with Gasteiger partial charge < -0.3 is 15.7 Å². The zero-order valence-corrected chi connectivity index (χ0v) is 17.6. The number of likely N-dealkylation sites (tertiary alicyclic amines) is 1. The molecule has 170 valence electrons. The van der Waals surface area contributed by atoms with E-state index in [1.807, 2.05) is 24.3 Å². The number of carboxylic acid groups (broad SMARTS) is 1. The number of aryl methyl sites for hydroxylation is 1. The molecule has 0 spiro atoms. The predicted molar refractivity (Wildman–Crippen MR) is 109 cm³/mol. The highest BCUT2D eigenvalue weighted by Gasteiger charge is 2.36. The Labute approximate surface area is 182 Å². The summed E-state index contributed by atoms with van der Waals surface area (Å²) in [6, 6.07) is 8.30. The molecule has 0 aliphatic carbocycles. The third-order valence-electron chi connectivity index (χ3n) is 5.18. The van der Waals surface area contributed by atoms with Crippen LogP contribution in [0, 0.1) is 5.92 Å². The van der Waals surface area contributed by atoms with Crippen LogP contribution in [0.5, 0.6) is 0 Å². The number of halogens is 4. The summed E-state index contributed by atoms with van der Waals surface area (Å²) in [5, 5.41) is 11.0. The minimum absolute atomic E-state index is 0.0611. The predicted octanol–water partition coefficient (Wildman–Crippen LogP) is 3.22. The molecule has 2 heterocycles. The third-order valence-corrected chi connectivity index (χ3v) is 5.42. The van der Waals surface area contributed by atoms with Crippen LogP contribution in [0.25, 0.3) is 0 Å². The first-order chi connectivity index (χ1) is 14.6. The smallest absolute Gasteiger partial charge is 0.435 e. The number of aromatic nitrogens is 2. The maximum absolute atomic E-state index is 12.8. The van der Waals surface area contributed by atoms with Gasteiger partial charge in [-0.05, 0) is 42.9 Å². The van der Waals surface area contributed by atoms with Crippen LogP contribution in [0.2, 0.25) is 5.02 Å². The largest absolute Gasteiger partial charge is 0.483 e. The Bertz CT molecular complexity index is 896. The van der Waals surface area contributed by atoms with Crippen LogP contribution in [0.3, 0.4) is 0 Å². The molecule has 1 atom stereocenters. The van der Waals surface area contributed by atoms with E-state index in [9.17, 15) is 18.0 Å². The normalized spacial score (nSPS) is 15.7. The van der Waals surface area contributed by atoms with Gasteiger partial charge in [0.05, 0.1) is 0 Å². The molecule has 1 fully saturated rings. The number of nitrogens with two attached hydrogens (primary N) is 1. The molecule has 11 heteroatoms. The van der Waals surface area contributed by atoms with E-state index in [2.05, 4.69) is 5.10 Å². The first-order valence-electron chi connectivity index (χ1n) is 9.55. The van der Waals surface area contributed by atoms with Gasteiger partial charge in [0.15, 0.2) is 5.69 Å². The molecule has 1 unspecified atom stereocenters. The van der Waals surface area contributed by atoms with Crippen molar-refractivity contribution in [2.45, 2.75) is 31.5 Å². The number of nitrogens with zero attached hydrogens (tertiary/aromatic N) is 3. The van der Waals surface area contributed by atoms with Gasteiger partial charge in [0.25, 0.3) is 12.4 Å².